The van der Waals surface area contributed by atoms with Crippen LogP contribution in [0.25, 0.3) is 15.9 Å². The summed E-state index contributed by atoms with van der Waals surface area (Å²) in [5.74, 6) is -0.0575. The second-order valence-corrected chi connectivity index (χ2v) is 10.1. The van der Waals surface area contributed by atoms with Gasteiger partial charge in [-0.1, -0.05) is 46.2 Å². The Hall–Kier alpha value is -2.13. The van der Waals surface area contributed by atoms with Gasteiger partial charge in [-0.25, -0.2) is 4.98 Å². The maximum Gasteiger partial charge on any atom is 0.267 e. The van der Waals surface area contributed by atoms with E-state index in [9.17, 15) is 9.59 Å². The summed E-state index contributed by atoms with van der Waals surface area (Å²) >= 11 is 12.1. The summed E-state index contributed by atoms with van der Waals surface area (Å²) in [6.07, 6.45) is 0.833. The number of rotatable bonds is 6. The molecule has 0 atom stereocenters. The quantitative estimate of drug-likeness (QED) is 0.238. The SMILES string of the molecule is CCc1cc2c(=O)n(-c3ccc(Cl)cc3)c(SCC(=O)Nc3ccc(Br)cc3)nc2s1. The van der Waals surface area contributed by atoms with Crippen molar-refractivity contribution >= 4 is 72.4 Å². The summed E-state index contributed by atoms with van der Waals surface area (Å²) in [4.78, 5) is 32.3. The third-order valence-electron chi connectivity index (χ3n) is 4.48. The second-order valence-electron chi connectivity index (χ2n) is 6.64. The fourth-order valence-corrected chi connectivity index (χ4v) is 5.17. The molecule has 0 aliphatic heterocycles. The minimum atomic E-state index is -0.176. The maximum absolute atomic E-state index is 13.3. The molecule has 158 valence electrons. The molecule has 0 saturated carbocycles. The Morgan fingerprint density at radius 3 is 2.58 bits per heavy atom. The predicted octanol–water partition coefficient (Wildman–Crippen LogP) is 6.16. The maximum atomic E-state index is 13.3. The van der Waals surface area contributed by atoms with Crippen LogP contribution in [0, 0.1) is 0 Å². The average molecular weight is 535 g/mol. The number of fused-ring (bicyclic) bond motifs is 1. The van der Waals surface area contributed by atoms with Gasteiger partial charge in [0.05, 0.1) is 16.8 Å². The highest BCUT2D eigenvalue weighted by Crippen LogP contribution is 2.27. The number of thiophene rings is 1. The lowest BCUT2D eigenvalue weighted by atomic mass is 10.3. The molecule has 0 saturated heterocycles. The van der Waals surface area contributed by atoms with E-state index >= 15 is 0 Å². The zero-order valence-electron chi connectivity index (χ0n) is 16.4. The summed E-state index contributed by atoms with van der Waals surface area (Å²) in [6, 6.07) is 16.3. The minimum absolute atomic E-state index is 0.119. The van der Waals surface area contributed by atoms with Crippen molar-refractivity contribution in [1.82, 2.24) is 9.55 Å². The Kier molecular flexibility index (Phi) is 6.81. The molecule has 0 aliphatic rings. The number of anilines is 1. The van der Waals surface area contributed by atoms with Crippen LogP contribution in [0.4, 0.5) is 5.69 Å². The highest BCUT2D eigenvalue weighted by Gasteiger charge is 2.17. The minimum Gasteiger partial charge on any atom is -0.325 e. The standard InChI is InChI=1S/C22H17BrClN3O2S2/c1-2-17-11-18-20(31-17)26-22(27(21(18)29)16-9-5-14(24)6-10-16)30-12-19(28)25-15-7-3-13(23)4-8-15/h3-11H,2,12H2,1H3,(H,25,28). The van der Waals surface area contributed by atoms with Gasteiger partial charge in [0.25, 0.3) is 5.56 Å². The summed E-state index contributed by atoms with van der Waals surface area (Å²) in [7, 11) is 0. The molecule has 0 spiro atoms. The normalized spacial score (nSPS) is 11.1. The van der Waals surface area contributed by atoms with Crippen LogP contribution in [0.15, 0.2) is 69.0 Å². The Bertz CT molecular complexity index is 1300. The van der Waals surface area contributed by atoms with Crippen molar-refractivity contribution in [3.8, 4) is 5.69 Å². The van der Waals surface area contributed by atoms with E-state index in [2.05, 4.69) is 21.2 Å². The fraction of sp³-hybridized carbons (Fsp3) is 0.136. The molecule has 5 nitrogen and oxygen atoms in total. The molecule has 4 aromatic rings. The molecular formula is C22H17BrClN3O2S2. The molecule has 1 N–H and O–H groups in total. The van der Waals surface area contributed by atoms with Gasteiger partial charge in [0.2, 0.25) is 5.91 Å². The molecule has 0 radical (unpaired) electrons. The van der Waals surface area contributed by atoms with Gasteiger partial charge in [-0.05, 0) is 61.0 Å². The highest BCUT2D eigenvalue weighted by atomic mass is 79.9. The van der Waals surface area contributed by atoms with E-state index < -0.39 is 0 Å². The monoisotopic (exact) mass is 533 g/mol. The van der Waals surface area contributed by atoms with Gasteiger partial charge in [0, 0.05) is 20.1 Å². The molecule has 2 heterocycles. The van der Waals surface area contributed by atoms with Crippen molar-refractivity contribution in [2.75, 3.05) is 11.1 Å². The van der Waals surface area contributed by atoms with Crippen molar-refractivity contribution in [3.63, 3.8) is 0 Å². The fourth-order valence-electron chi connectivity index (χ4n) is 2.96. The van der Waals surface area contributed by atoms with Crippen LogP contribution in [-0.4, -0.2) is 21.2 Å². The molecule has 4 rings (SSSR count). The van der Waals surface area contributed by atoms with Crippen LogP contribution >= 0.6 is 50.6 Å². The number of hydrogen-bond acceptors (Lipinski definition) is 5. The number of aromatic nitrogens is 2. The summed E-state index contributed by atoms with van der Waals surface area (Å²) in [6.45, 7) is 2.05. The molecule has 0 unspecified atom stereocenters. The van der Waals surface area contributed by atoms with Crippen LogP contribution in [0.1, 0.15) is 11.8 Å². The van der Waals surface area contributed by atoms with Crippen molar-refractivity contribution in [2.24, 2.45) is 0 Å². The molecule has 31 heavy (non-hydrogen) atoms. The Labute approximate surface area is 200 Å². The first-order chi connectivity index (χ1) is 14.9. The van der Waals surface area contributed by atoms with Gasteiger partial charge < -0.3 is 5.32 Å². The second kappa shape index (κ2) is 9.56. The highest BCUT2D eigenvalue weighted by molar-refractivity contribution is 9.10. The van der Waals surface area contributed by atoms with Gasteiger partial charge >= 0.3 is 0 Å². The van der Waals surface area contributed by atoms with Crippen LogP contribution in [0.2, 0.25) is 5.02 Å². The van der Waals surface area contributed by atoms with Crippen LogP contribution in [0.5, 0.6) is 0 Å². The first kappa shape index (κ1) is 22.1. The van der Waals surface area contributed by atoms with Crippen molar-refractivity contribution < 1.29 is 4.79 Å². The number of thioether (sulfide) groups is 1. The topological polar surface area (TPSA) is 64.0 Å². The number of nitrogens with one attached hydrogen (secondary N) is 1. The lowest BCUT2D eigenvalue weighted by molar-refractivity contribution is -0.113. The Morgan fingerprint density at radius 1 is 1.19 bits per heavy atom. The first-order valence-corrected chi connectivity index (χ1v) is 12.4. The molecule has 1 amide bonds. The number of carbonyl (C=O) groups is 1. The lowest BCUT2D eigenvalue weighted by Crippen LogP contribution is -2.22. The van der Waals surface area contributed by atoms with Gasteiger partial charge in [0.15, 0.2) is 5.16 Å². The molecule has 9 heteroatoms. The van der Waals surface area contributed by atoms with E-state index in [1.54, 1.807) is 28.8 Å². The largest absolute Gasteiger partial charge is 0.325 e. The predicted molar refractivity (Wildman–Crippen MR) is 133 cm³/mol. The van der Waals surface area contributed by atoms with E-state index in [0.717, 1.165) is 15.8 Å². The summed E-state index contributed by atoms with van der Waals surface area (Å²) in [5.41, 5.74) is 1.21. The van der Waals surface area contributed by atoms with E-state index in [4.69, 9.17) is 16.6 Å². The Balaban J connectivity index is 1.67. The lowest BCUT2D eigenvalue weighted by Gasteiger charge is -2.12. The van der Waals surface area contributed by atoms with Crippen molar-refractivity contribution in [3.05, 3.63) is 79.3 Å². The van der Waals surface area contributed by atoms with Crippen LogP contribution in [-0.2, 0) is 11.2 Å². The Morgan fingerprint density at radius 2 is 1.90 bits per heavy atom. The molecule has 2 aromatic heterocycles. The number of halogens is 2. The number of aryl methyl sites for hydroxylation is 1. The van der Waals surface area contributed by atoms with E-state index in [-0.39, 0.29) is 17.2 Å². The number of carbonyl (C=O) groups excluding carboxylic acids is 1. The van der Waals surface area contributed by atoms with Gasteiger partial charge in [-0.2, -0.15) is 0 Å². The summed E-state index contributed by atoms with van der Waals surface area (Å²) < 4.78 is 2.48. The molecule has 0 fully saturated rings. The molecular weight excluding hydrogens is 518 g/mol. The number of benzene rings is 2. The van der Waals surface area contributed by atoms with Crippen LogP contribution < -0.4 is 10.9 Å². The zero-order chi connectivity index (χ0) is 22.0. The number of nitrogens with zero attached hydrogens (tertiary/aromatic N) is 2. The molecule has 0 bridgehead atoms. The number of amides is 1. The third kappa shape index (κ3) is 5.03. The number of hydrogen-bond donors (Lipinski definition) is 1. The van der Waals surface area contributed by atoms with E-state index in [0.29, 0.717) is 31.8 Å². The smallest absolute Gasteiger partial charge is 0.267 e. The average Bonchev–Trinajstić information content (AvgIpc) is 3.19. The zero-order valence-corrected chi connectivity index (χ0v) is 20.4. The molecule has 0 aliphatic carbocycles. The van der Waals surface area contributed by atoms with Crippen molar-refractivity contribution in [2.45, 2.75) is 18.5 Å². The van der Waals surface area contributed by atoms with Gasteiger partial charge in [-0.15, -0.1) is 11.3 Å². The van der Waals surface area contributed by atoms with Crippen LogP contribution in [0.3, 0.4) is 0 Å². The summed E-state index contributed by atoms with van der Waals surface area (Å²) in [5, 5.41) is 4.49. The van der Waals surface area contributed by atoms with Gasteiger partial charge in [0.1, 0.15) is 4.83 Å². The van der Waals surface area contributed by atoms with E-state index in [1.807, 2.05) is 37.3 Å². The van der Waals surface area contributed by atoms with Crippen molar-refractivity contribution in [1.29, 1.82) is 0 Å². The third-order valence-corrected chi connectivity index (χ3v) is 7.37. The molecule has 2 aromatic carbocycles. The van der Waals surface area contributed by atoms with Gasteiger partial charge in [-0.3, -0.25) is 14.2 Å². The first-order valence-electron chi connectivity index (χ1n) is 9.44. The van der Waals surface area contributed by atoms with E-state index in [1.165, 1.54) is 23.1 Å².